The number of carbonyl (C=O) groups is 1. The van der Waals surface area contributed by atoms with Crippen LogP contribution in [-0.4, -0.2) is 5.78 Å². The molecular weight excluding hydrogens is 287 g/mol. The van der Waals surface area contributed by atoms with Crippen molar-refractivity contribution in [1.82, 2.24) is 0 Å². The second-order valence-corrected chi connectivity index (χ2v) is 4.95. The quantitative estimate of drug-likeness (QED) is 0.725. The van der Waals surface area contributed by atoms with Gasteiger partial charge in [0.15, 0.2) is 0 Å². The molecule has 0 saturated heterocycles. The predicted molar refractivity (Wildman–Crippen MR) is 65.4 cm³/mol. The van der Waals surface area contributed by atoms with Crippen LogP contribution < -0.4 is 0 Å². The first-order chi connectivity index (χ1) is 6.79. The molecule has 1 aliphatic carbocycles. The summed E-state index contributed by atoms with van der Waals surface area (Å²) in [5.41, 5.74) is 1.23. The van der Waals surface area contributed by atoms with Crippen molar-refractivity contribution in [2.75, 3.05) is 0 Å². The SMILES string of the molecule is O=C1CCCCC1c1ccccc1I. The molecule has 1 saturated carbocycles. The molecule has 74 valence electrons. The maximum Gasteiger partial charge on any atom is 0.140 e. The average Bonchev–Trinajstić information content (AvgIpc) is 2.20. The molecule has 1 unspecified atom stereocenters. The summed E-state index contributed by atoms with van der Waals surface area (Å²) in [7, 11) is 0. The van der Waals surface area contributed by atoms with Gasteiger partial charge in [-0.15, -0.1) is 0 Å². The Morgan fingerprint density at radius 3 is 2.71 bits per heavy atom. The Balaban J connectivity index is 2.29. The number of ketones is 1. The number of hydrogen-bond acceptors (Lipinski definition) is 1. The summed E-state index contributed by atoms with van der Waals surface area (Å²) < 4.78 is 1.23. The predicted octanol–water partition coefficient (Wildman–Crippen LogP) is 3.52. The van der Waals surface area contributed by atoms with E-state index in [1.165, 1.54) is 15.6 Å². The molecule has 1 aromatic carbocycles. The number of benzene rings is 1. The van der Waals surface area contributed by atoms with Gasteiger partial charge in [0, 0.05) is 15.9 Å². The second kappa shape index (κ2) is 4.43. The first-order valence-electron chi connectivity index (χ1n) is 5.06. The minimum atomic E-state index is 0.178. The number of carbonyl (C=O) groups excluding carboxylic acids is 1. The van der Waals surface area contributed by atoms with Gasteiger partial charge >= 0.3 is 0 Å². The number of Topliss-reactive ketones (excluding diaryl/α,β-unsaturated/α-hetero) is 1. The van der Waals surface area contributed by atoms with Gasteiger partial charge < -0.3 is 0 Å². The van der Waals surface area contributed by atoms with Gasteiger partial charge in [0.1, 0.15) is 5.78 Å². The summed E-state index contributed by atoms with van der Waals surface area (Å²) in [5.74, 6) is 0.609. The first-order valence-corrected chi connectivity index (χ1v) is 6.14. The van der Waals surface area contributed by atoms with Gasteiger partial charge in [-0.05, 0) is 47.1 Å². The summed E-state index contributed by atoms with van der Waals surface area (Å²) in [4.78, 5) is 11.7. The van der Waals surface area contributed by atoms with Gasteiger partial charge in [0.25, 0.3) is 0 Å². The van der Waals surface area contributed by atoms with Gasteiger partial charge in [-0.3, -0.25) is 4.79 Å². The molecule has 1 atom stereocenters. The Hall–Kier alpha value is -0.380. The molecule has 0 aliphatic heterocycles. The van der Waals surface area contributed by atoms with Gasteiger partial charge in [0.05, 0.1) is 0 Å². The molecule has 0 amide bonds. The highest BCUT2D eigenvalue weighted by molar-refractivity contribution is 14.1. The Bertz CT molecular complexity index is 346. The third kappa shape index (κ3) is 2.00. The highest BCUT2D eigenvalue weighted by atomic mass is 127. The smallest absolute Gasteiger partial charge is 0.140 e. The summed E-state index contributed by atoms with van der Waals surface area (Å²) in [6.45, 7) is 0. The van der Waals surface area contributed by atoms with E-state index in [-0.39, 0.29) is 5.92 Å². The van der Waals surface area contributed by atoms with Crippen LogP contribution in [0.2, 0.25) is 0 Å². The first kappa shape index (κ1) is 10.1. The average molecular weight is 300 g/mol. The molecule has 14 heavy (non-hydrogen) atoms. The monoisotopic (exact) mass is 300 g/mol. The van der Waals surface area contributed by atoms with Crippen LogP contribution in [0.3, 0.4) is 0 Å². The van der Waals surface area contributed by atoms with Crippen molar-refractivity contribution in [1.29, 1.82) is 0 Å². The summed E-state index contributed by atoms with van der Waals surface area (Å²) in [6.07, 6.45) is 4.09. The van der Waals surface area contributed by atoms with E-state index >= 15 is 0 Å². The zero-order valence-corrected chi connectivity index (χ0v) is 10.2. The van der Waals surface area contributed by atoms with E-state index in [0.29, 0.717) is 5.78 Å². The normalized spacial score (nSPS) is 22.4. The molecule has 0 spiro atoms. The maximum absolute atomic E-state index is 11.7. The van der Waals surface area contributed by atoms with E-state index in [4.69, 9.17) is 0 Å². The molecule has 0 radical (unpaired) electrons. The van der Waals surface area contributed by atoms with Crippen LogP contribution in [-0.2, 0) is 4.79 Å². The van der Waals surface area contributed by atoms with Gasteiger partial charge in [-0.2, -0.15) is 0 Å². The topological polar surface area (TPSA) is 17.1 Å². The van der Waals surface area contributed by atoms with E-state index in [1.807, 2.05) is 12.1 Å². The molecule has 2 rings (SSSR count). The lowest BCUT2D eigenvalue weighted by Gasteiger charge is -2.21. The fourth-order valence-electron chi connectivity index (χ4n) is 2.07. The second-order valence-electron chi connectivity index (χ2n) is 3.79. The Morgan fingerprint density at radius 2 is 2.00 bits per heavy atom. The lowest BCUT2D eigenvalue weighted by molar-refractivity contribution is -0.121. The summed E-state index contributed by atoms with van der Waals surface area (Å²) in [6, 6.07) is 8.23. The van der Waals surface area contributed by atoms with Crippen LogP contribution in [0.4, 0.5) is 0 Å². The van der Waals surface area contributed by atoms with Crippen LogP contribution >= 0.6 is 22.6 Å². The van der Waals surface area contributed by atoms with E-state index in [0.717, 1.165) is 19.3 Å². The zero-order valence-electron chi connectivity index (χ0n) is 8.00. The van der Waals surface area contributed by atoms with E-state index in [2.05, 4.69) is 34.7 Å². The van der Waals surface area contributed by atoms with Crippen LogP contribution in [0.25, 0.3) is 0 Å². The van der Waals surface area contributed by atoms with Crippen molar-refractivity contribution < 1.29 is 4.79 Å². The molecule has 0 N–H and O–H groups in total. The van der Waals surface area contributed by atoms with Crippen LogP contribution in [0.1, 0.15) is 37.2 Å². The van der Waals surface area contributed by atoms with Crippen molar-refractivity contribution in [3.8, 4) is 0 Å². The highest BCUT2D eigenvalue weighted by Gasteiger charge is 2.24. The third-order valence-corrected chi connectivity index (χ3v) is 3.82. The van der Waals surface area contributed by atoms with E-state index in [1.54, 1.807) is 0 Å². The van der Waals surface area contributed by atoms with E-state index in [9.17, 15) is 4.79 Å². The zero-order chi connectivity index (χ0) is 9.97. The molecule has 0 aromatic heterocycles. The highest BCUT2D eigenvalue weighted by Crippen LogP contribution is 2.32. The van der Waals surface area contributed by atoms with Crippen LogP contribution in [0.5, 0.6) is 0 Å². The van der Waals surface area contributed by atoms with Gasteiger partial charge in [-0.1, -0.05) is 24.6 Å². The van der Waals surface area contributed by atoms with Crippen LogP contribution in [0.15, 0.2) is 24.3 Å². The number of rotatable bonds is 1. The maximum atomic E-state index is 11.7. The molecule has 0 heterocycles. The Labute approximate surface area is 98.0 Å². The van der Waals surface area contributed by atoms with Crippen LogP contribution in [0, 0.1) is 3.57 Å². The minimum absolute atomic E-state index is 0.178. The van der Waals surface area contributed by atoms with Crippen molar-refractivity contribution in [3.63, 3.8) is 0 Å². The van der Waals surface area contributed by atoms with E-state index < -0.39 is 0 Å². The van der Waals surface area contributed by atoms with Crippen molar-refractivity contribution in [2.45, 2.75) is 31.6 Å². The Kier molecular flexibility index (Phi) is 3.21. The molecule has 1 nitrogen and oxygen atoms in total. The molecule has 1 fully saturated rings. The lowest BCUT2D eigenvalue weighted by Crippen LogP contribution is -2.17. The molecule has 1 aliphatic rings. The Morgan fingerprint density at radius 1 is 1.21 bits per heavy atom. The number of hydrogen-bond donors (Lipinski definition) is 0. The largest absolute Gasteiger partial charge is 0.299 e. The fourth-order valence-corrected chi connectivity index (χ4v) is 2.83. The molecule has 2 heteroatoms. The van der Waals surface area contributed by atoms with Crippen molar-refractivity contribution in [3.05, 3.63) is 33.4 Å². The summed E-state index contributed by atoms with van der Waals surface area (Å²) in [5, 5.41) is 0. The van der Waals surface area contributed by atoms with Gasteiger partial charge in [-0.25, -0.2) is 0 Å². The summed E-state index contributed by atoms with van der Waals surface area (Å²) >= 11 is 2.32. The molecule has 1 aromatic rings. The standard InChI is InChI=1S/C12H13IO/c13-11-7-3-1-5-9(11)10-6-2-4-8-12(10)14/h1,3,5,7,10H,2,4,6,8H2. The van der Waals surface area contributed by atoms with Gasteiger partial charge in [0.2, 0.25) is 0 Å². The third-order valence-electron chi connectivity index (χ3n) is 2.84. The number of halogens is 1. The minimum Gasteiger partial charge on any atom is -0.299 e. The van der Waals surface area contributed by atoms with Crippen molar-refractivity contribution >= 4 is 28.4 Å². The molecule has 0 bridgehead atoms. The van der Waals surface area contributed by atoms with Crippen molar-refractivity contribution in [2.24, 2.45) is 0 Å². The lowest BCUT2D eigenvalue weighted by atomic mass is 9.83. The molecular formula is C12H13IO. The fraction of sp³-hybridized carbons (Fsp3) is 0.417.